The summed E-state index contributed by atoms with van der Waals surface area (Å²) in [6, 6.07) is 4.04. The summed E-state index contributed by atoms with van der Waals surface area (Å²) in [4.78, 5) is 6.45. The molecule has 0 aromatic carbocycles. The molecule has 0 aliphatic heterocycles. The number of aromatic nitrogens is 1. The maximum atomic E-state index is 7.47. The van der Waals surface area contributed by atoms with Crippen LogP contribution in [0.15, 0.2) is 17.5 Å². The quantitative estimate of drug-likeness (QED) is 0.637. The molecule has 3 nitrogen and oxygen atoms in total. The first-order chi connectivity index (χ1) is 7.22. The zero-order valence-corrected chi connectivity index (χ0v) is 9.91. The number of nitrogens with two attached hydrogens (primary N) is 1. The molecule has 5 heteroatoms. The fourth-order valence-electron chi connectivity index (χ4n) is 1.31. The van der Waals surface area contributed by atoms with Crippen molar-refractivity contribution in [3.8, 4) is 9.88 Å². The van der Waals surface area contributed by atoms with Gasteiger partial charge in [0, 0.05) is 0 Å². The average Bonchev–Trinajstić information content (AvgIpc) is 2.86. The van der Waals surface area contributed by atoms with Gasteiger partial charge in [0.05, 0.1) is 15.4 Å². The Bertz CT molecular complexity index is 471. The molecule has 0 spiro atoms. The number of thiazole rings is 1. The summed E-state index contributed by atoms with van der Waals surface area (Å²) in [5, 5.41) is 10.5. The Hall–Kier alpha value is -1.20. The van der Waals surface area contributed by atoms with Gasteiger partial charge in [0.25, 0.3) is 0 Å². The third-order valence-electron chi connectivity index (χ3n) is 2.01. The molecule has 2 aromatic rings. The molecule has 2 rings (SSSR count). The van der Waals surface area contributed by atoms with Crippen LogP contribution in [0.2, 0.25) is 0 Å². The summed E-state index contributed by atoms with van der Waals surface area (Å²) in [5.41, 5.74) is 6.44. The molecular formula is C10H11N3S2. The van der Waals surface area contributed by atoms with Crippen molar-refractivity contribution >= 4 is 28.5 Å². The fourth-order valence-corrected chi connectivity index (χ4v) is 3.12. The van der Waals surface area contributed by atoms with E-state index in [1.807, 2.05) is 24.4 Å². The van der Waals surface area contributed by atoms with Crippen LogP contribution in [-0.4, -0.2) is 10.8 Å². The molecule has 0 radical (unpaired) electrons. The van der Waals surface area contributed by atoms with E-state index in [4.69, 9.17) is 11.1 Å². The van der Waals surface area contributed by atoms with Crippen LogP contribution in [0.25, 0.3) is 9.88 Å². The maximum Gasteiger partial charge on any atom is 0.135 e. The first kappa shape index (κ1) is 10.3. The third-order valence-corrected chi connectivity index (χ3v) is 4.18. The Labute approximate surface area is 96.1 Å². The topological polar surface area (TPSA) is 62.8 Å². The van der Waals surface area contributed by atoms with Gasteiger partial charge < -0.3 is 5.73 Å². The molecule has 0 saturated heterocycles. The fraction of sp³-hybridized carbons (Fsp3) is 0.200. The molecule has 0 aliphatic carbocycles. The Morgan fingerprint density at radius 1 is 1.60 bits per heavy atom. The highest BCUT2D eigenvalue weighted by atomic mass is 32.1. The molecule has 0 amide bonds. The monoisotopic (exact) mass is 237 g/mol. The molecule has 0 bridgehead atoms. The number of aryl methyl sites for hydroxylation is 1. The van der Waals surface area contributed by atoms with E-state index in [0.717, 1.165) is 26.9 Å². The van der Waals surface area contributed by atoms with Gasteiger partial charge in [-0.3, -0.25) is 5.41 Å². The number of thiophene rings is 1. The van der Waals surface area contributed by atoms with Crippen LogP contribution in [0.1, 0.15) is 17.5 Å². The van der Waals surface area contributed by atoms with Crippen LogP contribution in [-0.2, 0) is 6.42 Å². The van der Waals surface area contributed by atoms with E-state index in [2.05, 4.69) is 4.98 Å². The van der Waals surface area contributed by atoms with Crippen molar-refractivity contribution < 1.29 is 0 Å². The number of nitrogen functional groups attached to an aromatic ring is 1. The molecule has 0 saturated carbocycles. The lowest BCUT2D eigenvalue weighted by Gasteiger charge is -1.93. The van der Waals surface area contributed by atoms with Gasteiger partial charge in [-0.1, -0.05) is 13.0 Å². The highest BCUT2D eigenvalue weighted by Gasteiger charge is 2.13. The number of nitrogens with one attached hydrogen (secondary N) is 1. The molecule has 2 heterocycles. The van der Waals surface area contributed by atoms with Crippen molar-refractivity contribution in [2.45, 2.75) is 13.3 Å². The predicted molar refractivity (Wildman–Crippen MR) is 65.8 cm³/mol. The van der Waals surface area contributed by atoms with Gasteiger partial charge in [0.2, 0.25) is 0 Å². The standard InChI is InChI=1S/C10H11N3S2/c1-2-6-8(9(11)12)15-10(13-6)7-4-3-5-14-7/h3-5H,2H2,1H3,(H3,11,12). The van der Waals surface area contributed by atoms with Crippen molar-refractivity contribution in [1.29, 1.82) is 5.41 Å². The van der Waals surface area contributed by atoms with Gasteiger partial charge in [-0.25, -0.2) is 4.98 Å². The van der Waals surface area contributed by atoms with E-state index >= 15 is 0 Å². The van der Waals surface area contributed by atoms with E-state index in [9.17, 15) is 0 Å². The Balaban J connectivity index is 2.48. The minimum Gasteiger partial charge on any atom is -0.383 e. The third kappa shape index (κ3) is 1.93. The van der Waals surface area contributed by atoms with Gasteiger partial charge in [0.1, 0.15) is 10.8 Å². The SMILES string of the molecule is CCc1nc(-c2cccs2)sc1C(=N)N. The van der Waals surface area contributed by atoms with E-state index < -0.39 is 0 Å². The van der Waals surface area contributed by atoms with Crippen LogP contribution in [0.4, 0.5) is 0 Å². The molecule has 15 heavy (non-hydrogen) atoms. The van der Waals surface area contributed by atoms with Crippen LogP contribution in [0.5, 0.6) is 0 Å². The Morgan fingerprint density at radius 2 is 2.40 bits per heavy atom. The number of hydrogen-bond donors (Lipinski definition) is 2. The first-order valence-corrected chi connectivity index (χ1v) is 6.30. The zero-order valence-electron chi connectivity index (χ0n) is 8.28. The van der Waals surface area contributed by atoms with Crippen molar-refractivity contribution in [2.24, 2.45) is 5.73 Å². The summed E-state index contributed by atoms with van der Waals surface area (Å²) < 4.78 is 0. The van der Waals surface area contributed by atoms with Gasteiger partial charge in [-0.2, -0.15) is 0 Å². The van der Waals surface area contributed by atoms with Crippen LogP contribution < -0.4 is 5.73 Å². The summed E-state index contributed by atoms with van der Waals surface area (Å²) in [6.07, 6.45) is 0.816. The molecule has 3 N–H and O–H groups in total. The summed E-state index contributed by atoms with van der Waals surface area (Å²) >= 11 is 3.16. The zero-order chi connectivity index (χ0) is 10.8. The lowest BCUT2D eigenvalue weighted by atomic mass is 10.3. The number of nitrogens with zero attached hydrogens (tertiary/aromatic N) is 1. The average molecular weight is 237 g/mol. The van der Waals surface area contributed by atoms with E-state index in [1.54, 1.807) is 11.3 Å². The second kappa shape index (κ2) is 4.12. The number of hydrogen-bond acceptors (Lipinski definition) is 4. The smallest absolute Gasteiger partial charge is 0.135 e. The van der Waals surface area contributed by atoms with Crippen molar-refractivity contribution in [2.75, 3.05) is 0 Å². The Kier molecular flexibility index (Phi) is 2.83. The highest BCUT2D eigenvalue weighted by Crippen LogP contribution is 2.31. The molecule has 0 unspecified atom stereocenters. The molecule has 78 valence electrons. The molecule has 0 aliphatic rings. The van der Waals surface area contributed by atoms with Gasteiger partial charge in [-0.05, 0) is 17.9 Å². The lowest BCUT2D eigenvalue weighted by molar-refractivity contribution is 1.06. The van der Waals surface area contributed by atoms with Crippen molar-refractivity contribution in [3.63, 3.8) is 0 Å². The minimum absolute atomic E-state index is 0.118. The maximum absolute atomic E-state index is 7.47. The van der Waals surface area contributed by atoms with E-state index in [1.165, 1.54) is 11.3 Å². The molecular weight excluding hydrogens is 226 g/mol. The first-order valence-electron chi connectivity index (χ1n) is 4.60. The van der Waals surface area contributed by atoms with Gasteiger partial charge in [0.15, 0.2) is 0 Å². The molecule has 2 aromatic heterocycles. The predicted octanol–water partition coefficient (Wildman–Crippen LogP) is 2.72. The summed E-state index contributed by atoms with van der Waals surface area (Å²) in [6.45, 7) is 2.03. The Morgan fingerprint density at radius 3 is 2.87 bits per heavy atom. The van der Waals surface area contributed by atoms with E-state index in [0.29, 0.717) is 0 Å². The van der Waals surface area contributed by atoms with Crippen molar-refractivity contribution in [3.05, 3.63) is 28.1 Å². The summed E-state index contributed by atoms with van der Waals surface area (Å²) in [5.74, 6) is 0.118. The molecule has 0 atom stereocenters. The van der Waals surface area contributed by atoms with Gasteiger partial charge >= 0.3 is 0 Å². The van der Waals surface area contributed by atoms with E-state index in [-0.39, 0.29) is 5.84 Å². The number of amidine groups is 1. The lowest BCUT2D eigenvalue weighted by Crippen LogP contribution is -2.11. The second-order valence-corrected chi connectivity index (χ2v) is 4.99. The normalized spacial score (nSPS) is 10.5. The van der Waals surface area contributed by atoms with Crippen LogP contribution in [0.3, 0.4) is 0 Å². The van der Waals surface area contributed by atoms with Gasteiger partial charge in [-0.15, -0.1) is 22.7 Å². The van der Waals surface area contributed by atoms with Crippen LogP contribution in [0, 0.1) is 5.41 Å². The number of rotatable bonds is 3. The van der Waals surface area contributed by atoms with Crippen molar-refractivity contribution in [1.82, 2.24) is 4.98 Å². The largest absolute Gasteiger partial charge is 0.383 e. The minimum atomic E-state index is 0.118. The molecule has 0 fully saturated rings. The van der Waals surface area contributed by atoms with Crippen LogP contribution >= 0.6 is 22.7 Å². The highest BCUT2D eigenvalue weighted by molar-refractivity contribution is 7.22. The second-order valence-electron chi connectivity index (χ2n) is 3.04. The summed E-state index contributed by atoms with van der Waals surface area (Å²) in [7, 11) is 0.